The first-order chi connectivity index (χ1) is 12.1. The van der Waals surface area contributed by atoms with Crippen molar-refractivity contribution in [3.8, 4) is 0 Å². The fourth-order valence-corrected chi connectivity index (χ4v) is 2.94. The maximum Gasteiger partial charge on any atom is 0.296 e. The highest BCUT2D eigenvalue weighted by atomic mass is 16.6. The maximum atomic E-state index is 12.1. The topological polar surface area (TPSA) is 103 Å². The highest BCUT2D eigenvalue weighted by Gasteiger charge is 2.19. The summed E-state index contributed by atoms with van der Waals surface area (Å²) in [7, 11) is 0. The smallest absolute Gasteiger partial charge is 0.296 e. The van der Waals surface area contributed by atoms with Gasteiger partial charge < -0.3 is 14.6 Å². The molecule has 0 aromatic carbocycles. The minimum Gasteiger partial charge on any atom is -0.379 e. The Morgan fingerprint density at radius 2 is 2.20 bits per heavy atom. The third-order valence-electron chi connectivity index (χ3n) is 4.20. The summed E-state index contributed by atoms with van der Waals surface area (Å²) < 4.78 is 6.82. The number of nitrogens with zero attached hydrogens (tertiary/aromatic N) is 4. The molecule has 1 N–H and O–H groups in total. The number of carbonyl (C=O) groups is 1. The number of pyridine rings is 1. The molecule has 3 rings (SSSR count). The molecule has 2 aromatic rings. The molecule has 0 bridgehead atoms. The van der Waals surface area contributed by atoms with E-state index >= 15 is 0 Å². The lowest BCUT2D eigenvalue weighted by Gasteiger charge is -2.26. The highest BCUT2D eigenvalue weighted by molar-refractivity contribution is 5.88. The number of amides is 1. The molecule has 0 aliphatic carbocycles. The van der Waals surface area contributed by atoms with Crippen molar-refractivity contribution >= 4 is 22.6 Å². The summed E-state index contributed by atoms with van der Waals surface area (Å²) in [5.74, 6) is -0.181. The van der Waals surface area contributed by atoms with Crippen LogP contribution in [0.3, 0.4) is 0 Å². The van der Waals surface area contributed by atoms with Gasteiger partial charge in [0.05, 0.1) is 29.7 Å². The van der Waals surface area contributed by atoms with E-state index in [1.165, 1.54) is 10.8 Å². The molecule has 0 saturated carbocycles. The van der Waals surface area contributed by atoms with Gasteiger partial charge in [0.15, 0.2) is 0 Å². The summed E-state index contributed by atoms with van der Waals surface area (Å²) in [6, 6.07) is 3.28. The van der Waals surface area contributed by atoms with Crippen LogP contribution in [0.15, 0.2) is 24.5 Å². The number of rotatable bonds is 7. The van der Waals surface area contributed by atoms with Crippen LogP contribution in [-0.4, -0.2) is 64.7 Å². The molecule has 9 heteroatoms. The average Bonchev–Trinajstić information content (AvgIpc) is 2.99. The molecule has 3 heterocycles. The number of ether oxygens (including phenoxy) is 1. The third kappa shape index (κ3) is 4.31. The Balaban J connectivity index is 1.52. The molecular formula is C16H21N5O4. The predicted octanol–water partition coefficient (Wildman–Crippen LogP) is 0.783. The van der Waals surface area contributed by atoms with E-state index in [9.17, 15) is 14.9 Å². The summed E-state index contributed by atoms with van der Waals surface area (Å²) in [4.78, 5) is 29.3. The lowest BCUT2D eigenvalue weighted by Crippen LogP contribution is -2.38. The van der Waals surface area contributed by atoms with Gasteiger partial charge in [-0.25, -0.2) is 4.98 Å². The number of morpholine rings is 1. The minimum absolute atomic E-state index is 0.0128. The Hall–Kier alpha value is -2.52. The van der Waals surface area contributed by atoms with Crippen molar-refractivity contribution in [1.82, 2.24) is 19.8 Å². The average molecular weight is 347 g/mol. The van der Waals surface area contributed by atoms with Gasteiger partial charge in [0.1, 0.15) is 12.2 Å². The van der Waals surface area contributed by atoms with Crippen molar-refractivity contribution in [2.45, 2.75) is 13.0 Å². The van der Waals surface area contributed by atoms with Crippen LogP contribution >= 0.6 is 0 Å². The van der Waals surface area contributed by atoms with Crippen LogP contribution < -0.4 is 5.32 Å². The van der Waals surface area contributed by atoms with Crippen molar-refractivity contribution in [1.29, 1.82) is 0 Å². The van der Waals surface area contributed by atoms with E-state index in [0.717, 1.165) is 39.3 Å². The molecule has 134 valence electrons. The third-order valence-corrected chi connectivity index (χ3v) is 4.20. The zero-order valence-corrected chi connectivity index (χ0v) is 13.9. The Bertz CT molecular complexity index is 754. The fourth-order valence-electron chi connectivity index (χ4n) is 2.94. The van der Waals surface area contributed by atoms with Gasteiger partial charge in [0.2, 0.25) is 5.91 Å². The van der Waals surface area contributed by atoms with Crippen LogP contribution in [0.5, 0.6) is 0 Å². The van der Waals surface area contributed by atoms with E-state index in [1.54, 1.807) is 18.3 Å². The first-order valence-electron chi connectivity index (χ1n) is 8.30. The molecule has 9 nitrogen and oxygen atoms in total. The first-order valence-corrected chi connectivity index (χ1v) is 8.30. The van der Waals surface area contributed by atoms with Gasteiger partial charge in [0, 0.05) is 25.8 Å². The second-order valence-corrected chi connectivity index (χ2v) is 5.93. The van der Waals surface area contributed by atoms with Crippen LogP contribution in [0.4, 0.5) is 5.69 Å². The molecule has 0 radical (unpaired) electrons. The second-order valence-electron chi connectivity index (χ2n) is 5.93. The molecule has 0 spiro atoms. The van der Waals surface area contributed by atoms with Crippen molar-refractivity contribution in [2.75, 3.05) is 39.4 Å². The molecule has 0 atom stereocenters. The van der Waals surface area contributed by atoms with Crippen molar-refractivity contribution < 1.29 is 14.5 Å². The Kier molecular flexibility index (Phi) is 5.56. The molecule has 1 saturated heterocycles. The van der Waals surface area contributed by atoms with Crippen LogP contribution in [0.2, 0.25) is 0 Å². The van der Waals surface area contributed by atoms with E-state index in [0.29, 0.717) is 17.6 Å². The molecule has 1 fully saturated rings. The first kappa shape index (κ1) is 17.3. The van der Waals surface area contributed by atoms with Crippen molar-refractivity contribution in [2.24, 2.45) is 0 Å². The van der Waals surface area contributed by atoms with Crippen LogP contribution in [0, 0.1) is 10.1 Å². The summed E-state index contributed by atoms with van der Waals surface area (Å²) in [5.41, 5.74) is 0.404. The van der Waals surface area contributed by atoms with E-state index in [1.807, 2.05) is 0 Å². The van der Waals surface area contributed by atoms with Crippen LogP contribution in [0.25, 0.3) is 11.0 Å². The van der Waals surface area contributed by atoms with Gasteiger partial charge in [-0.15, -0.1) is 0 Å². The SMILES string of the molecule is O=C(Cn1cc([N+](=O)[O-])c2cccnc21)NCCCN1CCOCC1. The minimum atomic E-state index is -0.458. The number of carbonyl (C=O) groups excluding carboxylic acids is 1. The van der Waals surface area contributed by atoms with E-state index in [4.69, 9.17) is 4.74 Å². The highest BCUT2D eigenvalue weighted by Crippen LogP contribution is 2.25. The van der Waals surface area contributed by atoms with Gasteiger partial charge in [-0.1, -0.05) is 0 Å². The van der Waals surface area contributed by atoms with Crippen LogP contribution in [-0.2, 0) is 16.1 Å². The summed E-state index contributed by atoms with van der Waals surface area (Å²) in [6.45, 7) is 4.89. The number of aromatic nitrogens is 2. The number of hydrogen-bond acceptors (Lipinski definition) is 6. The molecule has 1 aliphatic rings. The Morgan fingerprint density at radius 3 is 2.96 bits per heavy atom. The Morgan fingerprint density at radius 1 is 1.40 bits per heavy atom. The fraction of sp³-hybridized carbons (Fsp3) is 0.500. The standard InChI is InChI=1S/C16H21N5O4/c22-15(17-5-2-6-19-7-9-25-10-8-19)12-20-11-14(21(23)24)13-3-1-4-18-16(13)20/h1,3-4,11H,2,5-10,12H2,(H,17,22). The number of nitrogens with one attached hydrogen (secondary N) is 1. The summed E-state index contributed by atoms with van der Waals surface area (Å²) >= 11 is 0. The van der Waals surface area contributed by atoms with Gasteiger partial charge in [-0.2, -0.15) is 0 Å². The van der Waals surface area contributed by atoms with Gasteiger partial charge in [-0.05, 0) is 25.1 Å². The van der Waals surface area contributed by atoms with E-state index < -0.39 is 4.92 Å². The monoisotopic (exact) mass is 347 g/mol. The van der Waals surface area contributed by atoms with Gasteiger partial charge >= 0.3 is 0 Å². The van der Waals surface area contributed by atoms with Gasteiger partial charge in [-0.3, -0.25) is 19.8 Å². The van der Waals surface area contributed by atoms with Crippen molar-refractivity contribution in [3.05, 3.63) is 34.6 Å². The molecule has 2 aromatic heterocycles. The quantitative estimate of drug-likeness (QED) is 0.451. The molecule has 1 aliphatic heterocycles. The zero-order valence-electron chi connectivity index (χ0n) is 13.9. The van der Waals surface area contributed by atoms with Crippen molar-refractivity contribution in [3.63, 3.8) is 0 Å². The largest absolute Gasteiger partial charge is 0.379 e. The summed E-state index contributed by atoms with van der Waals surface area (Å²) in [6.07, 6.45) is 3.78. The maximum absolute atomic E-state index is 12.1. The predicted molar refractivity (Wildman–Crippen MR) is 91.3 cm³/mol. The lowest BCUT2D eigenvalue weighted by atomic mass is 10.3. The van der Waals surface area contributed by atoms with E-state index in [-0.39, 0.29) is 18.1 Å². The molecule has 1 amide bonds. The Labute approximate surface area is 144 Å². The summed E-state index contributed by atoms with van der Waals surface area (Å²) in [5, 5.41) is 14.4. The molecule has 0 unspecified atom stereocenters. The van der Waals surface area contributed by atoms with E-state index in [2.05, 4.69) is 15.2 Å². The molecule has 25 heavy (non-hydrogen) atoms. The number of hydrogen-bond donors (Lipinski definition) is 1. The number of nitro groups is 1. The lowest BCUT2D eigenvalue weighted by molar-refractivity contribution is -0.383. The second kappa shape index (κ2) is 8.04. The normalized spacial score (nSPS) is 15.4. The molecular weight excluding hydrogens is 326 g/mol. The van der Waals surface area contributed by atoms with Crippen LogP contribution in [0.1, 0.15) is 6.42 Å². The van der Waals surface area contributed by atoms with Gasteiger partial charge in [0.25, 0.3) is 5.69 Å². The number of fused-ring (bicyclic) bond motifs is 1. The zero-order chi connectivity index (χ0) is 17.6.